The minimum atomic E-state index is -3.94. The van der Waals surface area contributed by atoms with Crippen molar-refractivity contribution < 1.29 is 22.1 Å². The highest BCUT2D eigenvalue weighted by Crippen LogP contribution is 2.42. The van der Waals surface area contributed by atoms with E-state index in [9.17, 15) is 13.5 Å². The normalized spacial score (nSPS) is 13.7. The predicted octanol–water partition coefficient (Wildman–Crippen LogP) is 7.35. The van der Waals surface area contributed by atoms with E-state index in [2.05, 4.69) is 46.5 Å². The fourth-order valence-electron chi connectivity index (χ4n) is 3.88. The molecule has 0 aliphatic rings. The number of oxazole rings is 1. The lowest BCUT2D eigenvalue weighted by atomic mass is 9.79. The molecule has 0 fully saturated rings. The quantitative estimate of drug-likeness (QED) is 0.252. The minimum Gasteiger partial charge on any atom is -0.507 e. The summed E-state index contributed by atoms with van der Waals surface area (Å²) in [6.07, 6.45) is -0.799. The second kappa shape index (κ2) is 10.2. The molecular formula is C28H37NO5S2. The summed E-state index contributed by atoms with van der Waals surface area (Å²) < 4.78 is 36.7. The van der Waals surface area contributed by atoms with Crippen molar-refractivity contribution in [2.24, 2.45) is 0 Å². The molecule has 0 bridgehead atoms. The SMILES string of the molecule is Cc1ccc(S(=O)(=O)OC(C)c2nc(CSc3cc(C(C)(C)C)c(O)c(C(C)(C)C)c3)oc2C)cc1. The Morgan fingerprint density at radius 3 is 2.03 bits per heavy atom. The number of phenols is 1. The standard InChI is InChI=1S/C28H37NO5S2/c1-17-10-12-21(13-11-17)36(31,32)34-19(3)25-18(2)33-24(29-25)16-35-20-14-22(27(4,5)6)26(30)23(15-20)28(7,8)9/h10-15,19,30H,16H2,1-9H3. The van der Waals surface area contributed by atoms with Gasteiger partial charge in [-0.25, -0.2) is 4.98 Å². The largest absolute Gasteiger partial charge is 0.507 e. The summed E-state index contributed by atoms with van der Waals surface area (Å²) in [6, 6.07) is 10.6. The number of hydrogen-bond acceptors (Lipinski definition) is 7. The van der Waals surface area contributed by atoms with Gasteiger partial charge in [-0.05, 0) is 55.9 Å². The first kappa shape index (κ1) is 28.3. The Morgan fingerprint density at radius 2 is 1.53 bits per heavy atom. The third kappa shape index (κ3) is 6.52. The van der Waals surface area contributed by atoms with Crippen molar-refractivity contribution in [3.05, 3.63) is 70.4 Å². The summed E-state index contributed by atoms with van der Waals surface area (Å²) in [5.41, 5.74) is 2.77. The van der Waals surface area contributed by atoms with Gasteiger partial charge in [-0.2, -0.15) is 8.42 Å². The first-order chi connectivity index (χ1) is 16.5. The van der Waals surface area contributed by atoms with Crippen LogP contribution in [-0.4, -0.2) is 18.5 Å². The molecule has 3 aromatic rings. The number of hydrogen-bond donors (Lipinski definition) is 1. The van der Waals surface area contributed by atoms with Crippen molar-refractivity contribution in [3.63, 3.8) is 0 Å². The number of thioether (sulfide) groups is 1. The van der Waals surface area contributed by atoms with Crippen LogP contribution in [0.2, 0.25) is 0 Å². The molecule has 2 aromatic carbocycles. The highest BCUT2D eigenvalue weighted by atomic mass is 32.2. The van der Waals surface area contributed by atoms with Crippen LogP contribution < -0.4 is 0 Å². The molecule has 1 heterocycles. The summed E-state index contributed by atoms with van der Waals surface area (Å²) in [4.78, 5) is 5.66. The monoisotopic (exact) mass is 531 g/mol. The van der Waals surface area contributed by atoms with Gasteiger partial charge >= 0.3 is 0 Å². The average molecular weight is 532 g/mol. The molecular weight excluding hydrogens is 494 g/mol. The molecule has 0 saturated heterocycles. The van der Waals surface area contributed by atoms with E-state index in [0.29, 0.717) is 28.8 Å². The van der Waals surface area contributed by atoms with Crippen LogP contribution in [0.5, 0.6) is 5.75 Å². The van der Waals surface area contributed by atoms with E-state index < -0.39 is 16.2 Å². The number of aryl methyl sites for hydroxylation is 2. The molecule has 3 rings (SSSR count). The number of aromatic hydroxyl groups is 1. The van der Waals surface area contributed by atoms with Gasteiger partial charge in [0.05, 0.1) is 10.6 Å². The molecule has 0 saturated carbocycles. The number of rotatable bonds is 7. The molecule has 1 aromatic heterocycles. The smallest absolute Gasteiger partial charge is 0.297 e. The van der Waals surface area contributed by atoms with Crippen LogP contribution in [0.4, 0.5) is 0 Å². The molecule has 196 valence electrons. The maximum atomic E-state index is 12.7. The third-order valence-corrected chi connectivity index (χ3v) is 8.26. The van der Waals surface area contributed by atoms with Gasteiger partial charge in [-0.15, -0.1) is 11.8 Å². The van der Waals surface area contributed by atoms with Gasteiger partial charge in [0.25, 0.3) is 10.1 Å². The lowest BCUT2D eigenvalue weighted by Crippen LogP contribution is -2.17. The van der Waals surface area contributed by atoms with Crippen LogP contribution in [0.3, 0.4) is 0 Å². The first-order valence-corrected chi connectivity index (χ1v) is 14.4. The number of aromatic nitrogens is 1. The molecule has 8 heteroatoms. The second-order valence-corrected chi connectivity index (χ2v) is 13.8. The molecule has 1 atom stereocenters. The third-order valence-electron chi connectivity index (χ3n) is 5.90. The van der Waals surface area contributed by atoms with Gasteiger partial charge in [0.15, 0.2) is 0 Å². The Hall–Kier alpha value is -2.29. The Bertz CT molecular complexity index is 1290. The fraction of sp³-hybridized carbons (Fsp3) is 0.464. The van der Waals surface area contributed by atoms with Crippen molar-refractivity contribution in [2.75, 3.05) is 0 Å². The van der Waals surface area contributed by atoms with Crippen molar-refractivity contribution in [1.82, 2.24) is 4.98 Å². The molecule has 36 heavy (non-hydrogen) atoms. The molecule has 0 aliphatic carbocycles. The van der Waals surface area contributed by atoms with E-state index in [1.165, 1.54) is 12.1 Å². The van der Waals surface area contributed by atoms with Gasteiger partial charge < -0.3 is 9.52 Å². The van der Waals surface area contributed by atoms with E-state index in [1.807, 2.05) is 19.1 Å². The predicted molar refractivity (Wildman–Crippen MR) is 144 cm³/mol. The van der Waals surface area contributed by atoms with E-state index in [-0.39, 0.29) is 15.7 Å². The van der Waals surface area contributed by atoms with Crippen LogP contribution in [-0.2, 0) is 30.9 Å². The molecule has 0 amide bonds. The van der Waals surface area contributed by atoms with E-state index in [1.54, 1.807) is 37.7 Å². The minimum absolute atomic E-state index is 0.105. The zero-order chi connectivity index (χ0) is 27.1. The van der Waals surface area contributed by atoms with Crippen molar-refractivity contribution in [1.29, 1.82) is 0 Å². The lowest BCUT2D eigenvalue weighted by molar-refractivity contribution is 0.227. The first-order valence-electron chi connectivity index (χ1n) is 12.0. The van der Waals surface area contributed by atoms with E-state index in [4.69, 9.17) is 8.60 Å². The molecule has 6 nitrogen and oxygen atoms in total. The van der Waals surface area contributed by atoms with Crippen molar-refractivity contribution in [2.45, 2.75) is 94.8 Å². The van der Waals surface area contributed by atoms with Gasteiger partial charge in [-0.3, -0.25) is 4.18 Å². The highest BCUT2D eigenvalue weighted by Gasteiger charge is 2.27. The molecule has 0 radical (unpaired) electrons. The fourth-order valence-corrected chi connectivity index (χ4v) is 5.75. The lowest BCUT2D eigenvalue weighted by Gasteiger charge is -2.28. The summed E-state index contributed by atoms with van der Waals surface area (Å²) in [5.74, 6) is 1.80. The van der Waals surface area contributed by atoms with Gasteiger partial charge in [0, 0.05) is 16.0 Å². The summed E-state index contributed by atoms with van der Waals surface area (Å²) in [5, 5.41) is 11.0. The van der Waals surface area contributed by atoms with Crippen LogP contribution in [0, 0.1) is 13.8 Å². The maximum Gasteiger partial charge on any atom is 0.297 e. The highest BCUT2D eigenvalue weighted by molar-refractivity contribution is 7.98. The maximum absolute atomic E-state index is 12.7. The Balaban J connectivity index is 1.81. The van der Waals surface area contributed by atoms with Crippen LogP contribution in [0.1, 0.15) is 88.6 Å². The van der Waals surface area contributed by atoms with Gasteiger partial charge in [0.1, 0.15) is 23.3 Å². The molecule has 0 spiro atoms. The topological polar surface area (TPSA) is 89.6 Å². The molecule has 1 N–H and O–H groups in total. The zero-order valence-electron chi connectivity index (χ0n) is 22.6. The molecule has 1 unspecified atom stereocenters. The van der Waals surface area contributed by atoms with Gasteiger partial charge in [0.2, 0.25) is 5.89 Å². The summed E-state index contributed by atoms with van der Waals surface area (Å²) >= 11 is 1.56. The summed E-state index contributed by atoms with van der Waals surface area (Å²) in [7, 11) is -3.94. The number of nitrogens with zero attached hydrogens (tertiary/aromatic N) is 1. The Labute approximate surface area is 219 Å². The van der Waals surface area contributed by atoms with E-state index in [0.717, 1.165) is 21.6 Å². The van der Waals surface area contributed by atoms with Crippen molar-refractivity contribution >= 4 is 21.9 Å². The number of phenolic OH excluding ortho intramolecular Hbond substituents is 1. The Kier molecular flexibility index (Phi) is 8.04. The average Bonchev–Trinajstić information content (AvgIpc) is 3.12. The molecule has 0 aliphatic heterocycles. The number of benzene rings is 2. The second-order valence-electron chi connectivity index (χ2n) is 11.2. The Morgan fingerprint density at radius 1 is 1.00 bits per heavy atom. The van der Waals surface area contributed by atoms with Crippen LogP contribution in [0.25, 0.3) is 0 Å². The van der Waals surface area contributed by atoms with Crippen LogP contribution in [0.15, 0.2) is 50.6 Å². The summed E-state index contributed by atoms with van der Waals surface area (Å²) in [6.45, 7) is 17.8. The van der Waals surface area contributed by atoms with Crippen molar-refractivity contribution in [3.8, 4) is 5.75 Å². The zero-order valence-corrected chi connectivity index (χ0v) is 24.2. The van der Waals surface area contributed by atoms with Crippen LogP contribution >= 0.6 is 11.8 Å². The van der Waals surface area contributed by atoms with E-state index >= 15 is 0 Å². The van der Waals surface area contributed by atoms with Gasteiger partial charge in [-0.1, -0.05) is 59.2 Å².